The molecule has 3 N–H and O–H groups in total. The number of hydrogen-bond donors (Lipinski definition) is 3. The van der Waals surface area contributed by atoms with E-state index in [0.717, 1.165) is 47.8 Å². The lowest BCUT2D eigenvalue weighted by atomic mass is 9.96. The molecule has 2 aromatic heterocycles. The van der Waals surface area contributed by atoms with Crippen LogP contribution in [-0.2, 0) is 21.2 Å². The summed E-state index contributed by atoms with van der Waals surface area (Å²) in [7, 11) is -3.57. The second kappa shape index (κ2) is 8.44. The van der Waals surface area contributed by atoms with E-state index in [-0.39, 0.29) is 24.0 Å². The van der Waals surface area contributed by atoms with Crippen molar-refractivity contribution < 1.29 is 13.2 Å². The second-order valence-corrected chi connectivity index (χ2v) is 11.2. The van der Waals surface area contributed by atoms with Crippen LogP contribution in [0, 0.1) is 22.7 Å². The number of fused-ring (bicyclic) bond motifs is 1. The van der Waals surface area contributed by atoms with Gasteiger partial charge in [-0.1, -0.05) is 13.0 Å². The van der Waals surface area contributed by atoms with Crippen LogP contribution in [0.3, 0.4) is 0 Å². The van der Waals surface area contributed by atoms with Gasteiger partial charge in [-0.05, 0) is 78.5 Å². The van der Waals surface area contributed by atoms with Crippen LogP contribution in [0.1, 0.15) is 44.6 Å². The molecular weight excluding hydrogens is 450 g/mol. The number of sulfonamides is 1. The van der Waals surface area contributed by atoms with Crippen molar-refractivity contribution in [2.45, 2.75) is 45.4 Å². The maximum atomic E-state index is 12.8. The average molecular weight is 478 g/mol. The number of amides is 1. The van der Waals surface area contributed by atoms with Crippen LogP contribution in [0.25, 0.3) is 22.2 Å². The van der Waals surface area contributed by atoms with E-state index in [1.807, 2.05) is 37.4 Å². The van der Waals surface area contributed by atoms with E-state index >= 15 is 0 Å². The Labute approximate surface area is 198 Å². The highest BCUT2D eigenvalue weighted by atomic mass is 32.2. The zero-order valence-electron chi connectivity index (χ0n) is 19.0. The van der Waals surface area contributed by atoms with Gasteiger partial charge in [0.1, 0.15) is 11.5 Å². The van der Waals surface area contributed by atoms with Crippen LogP contribution in [0.5, 0.6) is 0 Å². The van der Waals surface area contributed by atoms with Crippen molar-refractivity contribution >= 4 is 38.5 Å². The van der Waals surface area contributed by atoms with E-state index < -0.39 is 15.4 Å². The molecule has 1 aromatic carbocycles. The third-order valence-electron chi connectivity index (χ3n) is 6.69. The van der Waals surface area contributed by atoms with Gasteiger partial charge >= 0.3 is 0 Å². The molecule has 0 aliphatic heterocycles. The minimum atomic E-state index is -3.57. The number of carbonyl (C=O) groups is 1. The van der Waals surface area contributed by atoms with Crippen molar-refractivity contribution in [3.05, 3.63) is 42.1 Å². The fourth-order valence-corrected chi connectivity index (χ4v) is 6.20. The van der Waals surface area contributed by atoms with E-state index in [9.17, 15) is 13.2 Å². The maximum absolute atomic E-state index is 12.8. The number of nitrogens with zero attached hydrogens (tertiary/aromatic N) is 2. The van der Waals surface area contributed by atoms with Crippen molar-refractivity contribution in [2.24, 2.45) is 11.3 Å². The summed E-state index contributed by atoms with van der Waals surface area (Å²) in [6.45, 7) is 2.02. The van der Waals surface area contributed by atoms with Gasteiger partial charge in [-0.25, -0.2) is 13.4 Å². The number of benzene rings is 1. The van der Waals surface area contributed by atoms with E-state index in [0.29, 0.717) is 23.6 Å². The largest absolute Gasteiger partial charge is 0.346 e. The number of H-pyrrole nitrogens is 1. The Bertz CT molecular complexity index is 1410. The lowest BCUT2D eigenvalue weighted by Crippen LogP contribution is -2.23. The standard InChI is InChI=1S/C25H27N5O3S/c1-2-16-13-18(30-34(32,33)15-25(8-9-25)10-11-26)5-6-19(16)21-14-22(29-24(31)17-3-4-17)28-23-20(21)7-12-27-23/h5-7,12-14,17,30H,2-4,8-10,15H2,1H3,(H2,27,28,29,31). The quantitative estimate of drug-likeness (QED) is 0.416. The Hall–Kier alpha value is -3.38. The lowest BCUT2D eigenvalue weighted by molar-refractivity contribution is -0.117. The molecule has 3 aromatic rings. The molecule has 2 aliphatic carbocycles. The Kier molecular flexibility index (Phi) is 5.56. The van der Waals surface area contributed by atoms with Crippen molar-refractivity contribution in [3.63, 3.8) is 0 Å². The summed E-state index contributed by atoms with van der Waals surface area (Å²) in [5.41, 5.74) is 3.66. The second-order valence-electron chi connectivity index (χ2n) is 9.48. The van der Waals surface area contributed by atoms with Gasteiger partial charge in [-0.15, -0.1) is 0 Å². The molecular formula is C25H27N5O3S. The van der Waals surface area contributed by atoms with E-state index in [1.54, 1.807) is 6.07 Å². The van der Waals surface area contributed by atoms with Crippen molar-refractivity contribution in [1.82, 2.24) is 9.97 Å². The normalized spacial score (nSPS) is 16.7. The highest BCUT2D eigenvalue weighted by Gasteiger charge is 2.46. The van der Waals surface area contributed by atoms with Gasteiger partial charge in [0.25, 0.3) is 0 Å². The van der Waals surface area contributed by atoms with Gasteiger partial charge in [-0.3, -0.25) is 9.52 Å². The summed E-state index contributed by atoms with van der Waals surface area (Å²) >= 11 is 0. The number of nitriles is 1. The first-order chi connectivity index (χ1) is 16.3. The van der Waals surface area contributed by atoms with Gasteiger partial charge in [0, 0.05) is 29.6 Å². The van der Waals surface area contributed by atoms with Gasteiger partial charge in [0.15, 0.2) is 0 Å². The Morgan fingerprint density at radius 2 is 2.03 bits per heavy atom. The smallest absolute Gasteiger partial charge is 0.233 e. The molecule has 5 rings (SSSR count). The SMILES string of the molecule is CCc1cc(NS(=O)(=O)CC2(CC#N)CC2)ccc1-c1cc(NC(=O)C2CC2)nc2[nH]ccc12. The number of anilines is 2. The minimum Gasteiger partial charge on any atom is -0.346 e. The molecule has 9 heteroatoms. The molecule has 2 saturated carbocycles. The Morgan fingerprint density at radius 1 is 1.24 bits per heavy atom. The molecule has 0 atom stereocenters. The molecule has 2 heterocycles. The number of aryl methyl sites for hydroxylation is 1. The molecule has 2 aliphatic rings. The summed E-state index contributed by atoms with van der Waals surface area (Å²) in [4.78, 5) is 20.0. The first-order valence-corrected chi connectivity index (χ1v) is 13.3. The van der Waals surface area contributed by atoms with Gasteiger partial charge in [-0.2, -0.15) is 5.26 Å². The van der Waals surface area contributed by atoms with Crippen LogP contribution >= 0.6 is 0 Å². The third-order valence-corrected chi connectivity index (χ3v) is 8.22. The monoisotopic (exact) mass is 477 g/mol. The number of rotatable bonds is 9. The molecule has 34 heavy (non-hydrogen) atoms. The topological polar surface area (TPSA) is 128 Å². The van der Waals surface area contributed by atoms with Crippen LogP contribution in [0.4, 0.5) is 11.5 Å². The van der Waals surface area contributed by atoms with Crippen LogP contribution in [-0.4, -0.2) is 30.0 Å². The van der Waals surface area contributed by atoms with Crippen molar-refractivity contribution in [3.8, 4) is 17.2 Å². The molecule has 176 valence electrons. The minimum absolute atomic E-state index is 0.00495. The molecule has 0 spiro atoms. The maximum Gasteiger partial charge on any atom is 0.233 e. The van der Waals surface area contributed by atoms with E-state index in [1.165, 1.54) is 0 Å². The predicted octanol–water partition coefficient (Wildman–Crippen LogP) is 4.58. The zero-order chi connectivity index (χ0) is 23.9. The number of nitrogens with one attached hydrogen (secondary N) is 3. The first kappa shape index (κ1) is 22.4. The van der Waals surface area contributed by atoms with Crippen molar-refractivity contribution in [2.75, 3.05) is 15.8 Å². The van der Waals surface area contributed by atoms with Crippen LogP contribution in [0.2, 0.25) is 0 Å². The summed E-state index contributed by atoms with van der Waals surface area (Å²) in [6, 6.07) is 11.5. The fraction of sp³-hybridized carbons (Fsp3) is 0.400. The molecule has 0 radical (unpaired) electrons. The van der Waals surface area contributed by atoms with Gasteiger partial charge < -0.3 is 10.3 Å². The molecule has 1 amide bonds. The number of aromatic nitrogens is 2. The average Bonchev–Trinajstić information content (AvgIpc) is 3.71. The summed E-state index contributed by atoms with van der Waals surface area (Å²) in [6.07, 6.45) is 6.15. The number of pyridine rings is 1. The molecule has 2 fully saturated rings. The van der Waals surface area contributed by atoms with E-state index in [4.69, 9.17) is 5.26 Å². The fourth-order valence-electron chi connectivity index (χ4n) is 4.45. The van der Waals surface area contributed by atoms with Gasteiger partial charge in [0.05, 0.1) is 11.8 Å². The Balaban J connectivity index is 1.45. The number of aromatic amines is 1. The highest BCUT2D eigenvalue weighted by molar-refractivity contribution is 7.92. The van der Waals surface area contributed by atoms with E-state index in [2.05, 4.69) is 26.1 Å². The van der Waals surface area contributed by atoms with Crippen molar-refractivity contribution in [1.29, 1.82) is 5.26 Å². The van der Waals surface area contributed by atoms with Crippen LogP contribution < -0.4 is 10.0 Å². The summed E-state index contributed by atoms with van der Waals surface area (Å²) in [5.74, 6) is 0.538. The third kappa shape index (κ3) is 4.64. The summed E-state index contributed by atoms with van der Waals surface area (Å²) in [5, 5.41) is 12.9. The first-order valence-electron chi connectivity index (χ1n) is 11.6. The summed E-state index contributed by atoms with van der Waals surface area (Å²) < 4.78 is 28.2. The van der Waals surface area contributed by atoms with Gasteiger partial charge in [0.2, 0.25) is 15.9 Å². The highest BCUT2D eigenvalue weighted by Crippen LogP contribution is 2.49. The molecule has 0 bridgehead atoms. The zero-order valence-corrected chi connectivity index (χ0v) is 19.8. The molecule has 0 saturated heterocycles. The van der Waals surface area contributed by atoms with Crippen LogP contribution in [0.15, 0.2) is 36.5 Å². The predicted molar refractivity (Wildman–Crippen MR) is 132 cm³/mol. The Morgan fingerprint density at radius 3 is 2.71 bits per heavy atom. The molecule has 8 nitrogen and oxygen atoms in total. The number of carbonyl (C=O) groups excluding carboxylic acids is 1. The lowest BCUT2D eigenvalue weighted by Gasteiger charge is -2.16. The number of hydrogen-bond acceptors (Lipinski definition) is 5. The molecule has 0 unspecified atom stereocenters.